The summed E-state index contributed by atoms with van der Waals surface area (Å²) in [5, 5.41) is 2.68. The summed E-state index contributed by atoms with van der Waals surface area (Å²) in [4.78, 5) is 29.5. The Labute approximate surface area is 136 Å². The zero-order valence-corrected chi connectivity index (χ0v) is 14.1. The van der Waals surface area contributed by atoms with Crippen molar-refractivity contribution in [2.24, 2.45) is 0 Å². The van der Waals surface area contributed by atoms with E-state index in [2.05, 4.69) is 10.3 Å². The van der Waals surface area contributed by atoms with Gasteiger partial charge in [-0.25, -0.2) is 13.4 Å². The lowest BCUT2D eigenvalue weighted by molar-refractivity contribution is -0.135. The Kier molecular flexibility index (Phi) is 5.35. The van der Waals surface area contributed by atoms with Crippen LogP contribution in [0.2, 0.25) is 0 Å². The first-order valence-corrected chi connectivity index (χ1v) is 9.42. The molecule has 126 valence electrons. The first kappa shape index (κ1) is 17.4. The molecular formula is C15H21N3O4S. The van der Waals surface area contributed by atoms with Gasteiger partial charge in [-0.3, -0.25) is 9.59 Å². The Hall–Kier alpha value is -1.96. The van der Waals surface area contributed by atoms with Crippen LogP contribution in [0.25, 0.3) is 0 Å². The number of likely N-dealkylation sites (tertiary alicyclic amines) is 1. The summed E-state index contributed by atoms with van der Waals surface area (Å²) in [7, 11) is -3.38. The number of rotatable bonds is 5. The van der Waals surface area contributed by atoms with E-state index in [0.29, 0.717) is 13.0 Å². The number of hydrogen-bond donors (Lipinski definition) is 1. The molecule has 0 radical (unpaired) electrons. The van der Waals surface area contributed by atoms with Gasteiger partial charge in [0, 0.05) is 38.0 Å². The molecule has 2 amide bonds. The molecule has 1 fully saturated rings. The molecule has 1 saturated heterocycles. The van der Waals surface area contributed by atoms with Crippen LogP contribution >= 0.6 is 0 Å². The first-order chi connectivity index (χ1) is 10.8. The van der Waals surface area contributed by atoms with Crippen LogP contribution in [0.1, 0.15) is 36.5 Å². The second kappa shape index (κ2) is 7.08. The van der Waals surface area contributed by atoms with E-state index in [1.165, 1.54) is 18.3 Å². The number of nitrogens with one attached hydrogen (secondary N) is 1. The predicted octanol–water partition coefficient (Wildman–Crippen LogP) is 0.616. The van der Waals surface area contributed by atoms with Crippen molar-refractivity contribution in [1.29, 1.82) is 0 Å². The molecule has 2 heterocycles. The molecule has 2 rings (SSSR count). The van der Waals surface area contributed by atoms with E-state index in [-0.39, 0.29) is 28.4 Å². The predicted molar refractivity (Wildman–Crippen MR) is 84.7 cm³/mol. The fourth-order valence-electron chi connectivity index (χ4n) is 2.48. The van der Waals surface area contributed by atoms with E-state index >= 15 is 0 Å². The van der Waals surface area contributed by atoms with Gasteiger partial charge in [-0.05, 0) is 31.9 Å². The minimum absolute atomic E-state index is 0.0682. The summed E-state index contributed by atoms with van der Waals surface area (Å²) in [5.74, 6) is -0.217. The van der Waals surface area contributed by atoms with Gasteiger partial charge in [0.05, 0.1) is 5.56 Å². The van der Waals surface area contributed by atoms with Crippen molar-refractivity contribution in [1.82, 2.24) is 15.2 Å². The van der Waals surface area contributed by atoms with Gasteiger partial charge < -0.3 is 10.2 Å². The van der Waals surface area contributed by atoms with Gasteiger partial charge in [0.2, 0.25) is 5.91 Å². The van der Waals surface area contributed by atoms with Gasteiger partial charge in [-0.2, -0.15) is 0 Å². The van der Waals surface area contributed by atoms with Gasteiger partial charge in [-0.1, -0.05) is 0 Å². The molecule has 1 N–H and O–H groups in total. The van der Waals surface area contributed by atoms with Crippen LogP contribution in [0.15, 0.2) is 23.4 Å². The fourth-order valence-corrected chi connectivity index (χ4v) is 3.04. The van der Waals surface area contributed by atoms with Crippen molar-refractivity contribution in [3.8, 4) is 0 Å². The van der Waals surface area contributed by atoms with Gasteiger partial charge in [0.1, 0.15) is 0 Å². The molecule has 0 bridgehead atoms. The summed E-state index contributed by atoms with van der Waals surface area (Å²) in [6.07, 6.45) is 4.78. The smallest absolute Gasteiger partial charge is 0.252 e. The molecule has 0 aliphatic carbocycles. The summed E-state index contributed by atoms with van der Waals surface area (Å²) >= 11 is 0. The molecular weight excluding hydrogens is 318 g/mol. The SMILES string of the molecule is CC(CNC(=O)c1ccc(S(C)(=O)=O)nc1)N1CCCCC1=O. The average Bonchev–Trinajstić information content (AvgIpc) is 2.52. The Morgan fingerprint density at radius 2 is 2.13 bits per heavy atom. The highest BCUT2D eigenvalue weighted by Crippen LogP contribution is 2.13. The number of nitrogens with zero attached hydrogens (tertiary/aromatic N) is 2. The minimum Gasteiger partial charge on any atom is -0.350 e. The molecule has 23 heavy (non-hydrogen) atoms. The van der Waals surface area contributed by atoms with Gasteiger partial charge in [-0.15, -0.1) is 0 Å². The number of carbonyl (C=O) groups is 2. The highest BCUT2D eigenvalue weighted by molar-refractivity contribution is 7.90. The second-order valence-corrected chi connectivity index (χ2v) is 7.72. The molecule has 7 nitrogen and oxygen atoms in total. The van der Waals surface area contributed by atoms with Crippen LogP contribution in [0.3, 0.4) is 0 Å². The fraction of sp³-hybridized carbons (Fsp3) is 0.533. The van der Waals surface area contributed by atoms with Gasteiger partial charge in [0.15, 0.2) is 14.9 Å². The van der Waals surface area contributed by atoms with E-state index in [4.69, 9.17) is 0 Å². The monoisotopic (exact) mass is 339 g/mol. The van der Waals surface area contributed by atoms with Crippen molar-refractivity contribution in [3.05, 3.63) is 23.9 Å². The summed E-state index contributed by atoms with van der Waals surface area (Å²) in [6, 6.07) is 2.66. The molecule has 1 atom stereocenters. The van der Waals surface area contributed by atoms with Crippen LogP contribution in [0.4, 0.5) is 0 Å². The number of hydrogen-bond acceptors (Lipinski definition) is 5. The first-order valence-electron chi connectivity index (χ1n) is 7.53. The summed E-state index contributed by atoms with van der Waals surface area (Å²) < 4.78 is 22.7. The molecule has 8 heteroatoms. The van der Waals surface area contributed by atoms with E-state index in [1.54, 1.807) is 4.90 Å². The Morgan fingerprint density at radius 1 is 1.39 bits per heavy atom. The van der Waals surface area contributed by atoms with Crippen molar-refractivity contribution in [2.45, 2.75) is 37.3 Å². The maximum absolute atomic E-state index is 12.1. The Balaban J connectivity index is 1.93. The average molecular weight is 339 g/mol. The van der Waals surface area contributed by atoms with Crippen molar-refractivity contribution in [3.63, 3.8) is 0 Å². The number of sulfone groups is 1. The van der Waals surface area contributed by atoms with Crippen molar-refractivity contribution >= 4 is 21.7 Å². The standard InChI is InChI=1S/C15H21N3O4S/c1-11(18-8-4-3-5-14(18)19)9-17-15(20)12-6-7-13(16-10-12)23(2,21)22/h6-7,10-11H,3-5,8-9H2,1-2H3,(H,17,20). The lowest BCUT2D eigenvalue weighted by atomic mass is 10.1. The van der Waals surface area contributed by atoms with Crippen molar-refractivity contribution < 1.29 is 18.0 Å². The van der Waals surface area contributed by atoms with E-state index in [1.807, 2.05) is 6.92 Å². The zero-order valence-electron chi connectivity index (χ0n) is 13.3. The van der Waals surface area contributed by atoms with Crippen LogP contribution in [-0.2, 0) is 14.6 Å². The van der Waals surface area contributed by atoms with Gasteiger partial charge >= 0.3 is 0 Å². The highest BCUT2D eigenvalue weighted by atomic mass is 32.2. The lowest BCUT2D eigenvalue weighted by Gasteiger charge is -2.32. The Morgan fingerprint density at radius 3 is 2.70 bits per heavy atom. The second-order valence-electron chi connectivity index (χ2n) is 5.76. The van der Waals surface area contributed by atoms with Crippen LogP contribution in [0.5, 0.6) is 0 Å². The largest absolute Gasteiger partial charge is 0.350 e. The Bertz CT molecular complexity index is 685. The normalized spacial score (nSPS) is 17.0. The van der Waals surface area contributed by atoms with Crippen LogP contribution in [0, 0.1) is 0 Å². The molecule has 0 spiro atoms. The minimum atomic E-state index is -3.38. The molecule has 0 saturated carbocycles. The molecule has 1 aliphatic heterocycles. The number of piperidine rings is 1. The third kappa shape index (κ3) is 4.51. The number of pyridine rings is 1. The maximum atomic E-state index is 12.1. The van der Waals surface area contributed by atoms with E-state index < -0.39 is 9.84 Å². The summed E-state index contributed by atoms with van der Waals surface area (Å²) in [5.41, 5.74) is 0.287. The third-order valence-corrected chi connectivity index (χ3v) is 4.83. The van der Waals surface area contributed by atoms with E-state index in [0.717, 1.165) is 25.6 Å². The van der Waals surface area contributed by atoms with Crippen molar-refractivity contribution in [2.75, 3.05) is 19.3 Å². The third-order valence-electron chi connectivity index (χ3n) is 3.83. The number of aromatic nitrogens is 1. The molecule has 0 aromatic carbocycles. The topological polar surface area (TPSA) is 96.4 Å². The van der Waals surface area contributed by atoms with Gasteiger partial charge in [0.25, 0.3) is 5.91 Å². The number of carbonyl (C=O) groups excluding carboxylic acids is 2. The van der Waals surface area contributed by atoms with Crippen LogP contribution in [-0.4, -0.2) is 55.5 Å². The summed E-state index contributed by atoms with van der Waals surface area (Å²) in [6.45, 7) is 2.97. The van der Waals surface area contributed by atoms with E-state index in [9.17, 15) is 18.0 Å². The quantitative estimate of drug-likeness (QED) is 0.848. The molecule has 1 aliphatic rings. The maximum Gasteiger partial charge on any atom is 0.252 e. The van der Waals surface area contributed by atoms with Crippen LogP contribution < -0.4 is 5.32 Å². The lowest BCUT2D eigenvalue weighted by Crippen LogP contribution is -2.47. The zero-order chi connectivity index (χ0) is 17.0. The molecule has 1 aromatic rings. The molecule has 1 unspecified atom stereocenters. The molecule has 1 aromatic heterocycles. The number of amides is 2. The highest BCUT2D eigenvalue weighted by Gasteiger charge is 2.23.